The number of nitrogen functional groups attached to an aromatic ring is 1. The summed E-state index contributed by atoms with van der Waals surface area (Å²) >= 11 is 1.53. The number of nitrogens with two attached hydrogens (primary N) is 1. The molecule has 1 heterocycles. The van der Waals surface area contributed by atoms with Gasteiger partial charge in [-0.3, -0.25) is 4.79 Å². The van der Waals surface area contributed by atoms with Crippen LogP contribution in [0.3, 0.4) is 0 Å². The molecule has 0 fully saturated rings. The molecule has 1 aromatic heterocycles. The zero-order valence-corrected chi connectivity index (χ0v) is 13.9. The average Bonchev–Trinajstić information content (AvgIpc) is 2.81. The number of thiophene rings is 1. The van der Waals surface area contributed by atoms with Crippen LogP contribution >= 0.6 is 11.3 Å². The van der Waals surface area contributed by atoms with Crippen molar-refractivity contribution in [2.45, 2.75) is 19.9 Å². The summed E-state index contributed by atoms with van der Waals surface area (Å²) in [4.78, 5) is 17.5. The van der Waals surface area contributed by atoms with Crippen molar-refractivity contribution in [1.29, 1.82) is 0 Å². The number of hydrogen-bond acceptors (Lipinski definition) is 4. The van der Waals surface area contributed by atoms with Crippen LogP contribution in [-0.2, 0) is 0 Å². The van der Waals surface area contributed by atoms with Gasteiger partial charge >= 0.3 is 0 Å². The summed E-state index contributed by atoms with van der Waals surface area (Å²) in [6, 6.07) is 7.91. The Balaban J connectivity index is 2.26. The number of carbonyl (C=O) groups is 1. The Morgan fingerprint density at radius 3 is 2.67 bits per heavy atom. The van der Waals surface area contributed by atoms with Gasteiger partial charge < -0.3 is 15.5 Å². The van der Waals surface area contributed by atoms with Crippen LogP contribution in [-0.4, -0.2) is 48.9 Å². The Morgan fingerprint density at radius 2 is 2.05 bits per heavy atom. The quantitative estimate of drug-likeness (QED) is 0.864. The summed E-state index contributed by atoms with van der Waals surface area (Å²) in [5, 5.41) is 1.04. The number of carbonyl (C=O) groups excluding carboxylic acids is 1. The molecule has 0 aliphatic rings. The lowest BCUT2D eigenvalue weighted by molar-refractivity contribution is 0.0684. The number of amides is 1. The Hall–Kier alpha value is -1.59. The molecule has 0 aliphatic carbocycles. The van der Waals surface area contributed by atoms with Crippen LogP contribution in [0, 0.1) is 0 Å². The highest BCUT2D eigenvalue weighted by molar-refractivity contribution is 7.20. The molecule has 0 saturated heterocycles. The maximum atomic E-state index is 12.7. The van der Waals surface area contributed by atoms with Gasteiger partial charge in [0.2, 0.25) is 0 Å². The topological polar surface area (TPSA) is 49.6 Å². The van der Waals surface area contributed by atoms with Gasteiger partial charge in [0.25, 0.3) is 5.91 Å². The summed E-state index contributed by atoms with van der Waals surface area (Å²) in [7, 11) is 4.05. The summed E-state index contributed by atoms with van der Waals surface area (Å²) < 4.78 is 1.10. The summed E-state index contributed by atoms with van der Waals surface area (Å²) in [5.41, 5.74) is 6.53. The van der Waals surface area contributed by atoms with Crippen molar-refractivity contribution in [2.24, 2.45) is 0 Å². The highest BCUT2D eigenvalue weighted by atomic mass is 32.1. The minimum Gasteiger partial charge on any atom is -0.399 e. The Kier molecular flexibility index (Phi) is 4.85. The molecule has 1 aromatic carbocycles. The van der Waals surface area contributed by atoms with Crippen LogP contribution in [0.5, 0.6) is 0 Å². The maximum Gasteiger partial charge on any atom is 0.264 e. The second kappa shape index (κ2) is 6.45. The third kappa shape index (κ3) is 3.54. The number of likely N-dealkylation sites (N-methyl/N-ethyl adjacent to an activating group) is 2. The number of anilines is 1. The van der Waals surface area contributed by atoms with Gasteiger partial charge in [0.15, 0.2) is 0 Å². The predicted molar refractivity (Wildman–Crippen MR) is 91.0 cm³/mol. The summed E-state index contributed by atoms with van der Waals surface area (Å²) in [6.45, 7) is 5.68. The number of benzene rings is 1. The standard InChI is InChI=1S/C16H23N3OS/c1-5-19(11(2)10-18(3)4)16(20)15-9-12-8-13(17)6-7-14(12)21-15/h6-9,11H,5,10,17H2,1-4H3. The smallest absolute Gasteiger partial charge is 0.264 e. The van der Waals surface area contributed by atoms with Gasteiger partial charge in [0.05, 0.1) is 4.88 Å². The Morgan fingerprint density at radius 1 is 1.33 bits per heavy atom. The van der Waals surface area contributed by atoms with Gasteiger partial charge in [-0.25, -0.2) is 0 Å². The second-order valence-corrected chi connectivity index (χ2v) is 6.69. The molecule has 1 unspecified atom stereocenters. The number of fused-ring (bicyclic) bond motifs is 1. The molecule has 0 saturated carbocycles. The van der Waals surface area contributed by atoms with E-state index in [1.807, 2.05) is 50.2 Å². The van der Waals surface area contributed by atoms with Crippen LogP contribution in [0.25, 0.3) is 10.1 Å². The minimum absolute atomic E-state index is 0.103. The van der Waals surface area contributed by atoms with Gasteiger partial charge in [0.1, 0.15) is 0 Å². The van der Waals surface area contributed by atoms with Crippen LogP contribution in [0.1, 0.15) is 23.5 Å². The monoisotopic (exact) mass is 305 g/mol. The Bertz CT molecular complexity index is 635. The molecule has 1 amide bonds. The number of nitrogens with zero attached hydrogens (tertiary/aromatic N) is 2. The third-order valence-electron chi connectivity index (χ3n) is 3.51. The molecule has 21 heavy (non-hydrogen) atoms. The molecule has 2 rings (SSSR count). The highest BCUT2D eigenvalue weighted by Gasteiger charge is 2.22. The number of hydrogen-bond donors (Lipinski definition) is 1. The normalized spacial score (nSPS) is 12.8. The average molecular weight is 305 g/mol. The molecule has 1 atom stereocenters. The molecule has 0 aliphatic heterocycles. The van der Waals surface area contributed by atoms with Crippen molar-refractivity contribution in [3.63, 3.8) is 0 Å². The molecular formula is C16H23N3OS. The van der Waals surface area contributed by atoms with Crippen molar-refractivity contribution in [2.75, 3.05) is 32.9 Å². The largest absolute Gasteiger partial charge is 0.399 e. The van der Waals surface area contributed by atoms with Gasteiger partial charge in [-0.15, -0.1) is 11.3 Å². The summed E-state index contributed by atoms with van der Waals surface area (Å²) in [5.74, 6) is 0.103. The molecule has 5 heteroatoms. The second-order valence-electron chi connectivity index (χ2n) is 5.61. The van der Waals surface area contributed by atoms with Crippen LogP contribution in [0.4, 0.5) is 5.69 Å². The van der Waals surface area contributed by atoms with Gasteiger partial charge in [0, 0.05) is 29.5 Å². The lowest BCUT2D eigenvalue weighted by Gasteiger charge is -2.29. The first-order valence-electron chi connectivity index (χ1n) is 7.17. The van der Waals surface area contributed by atoms with Crippen LogP contribution in [0.15, 0.2) is 24.3 Å². The fraction of sp³-hybridized carbons (Fsp3) is 0.438. The fourth-order valence-electron chi connectivity index (χ4n) is 2.59. The van der Waals surface area contributed by atoms with E-state index >= 15 is 0 Å². The zero-order valence-electron chi connectivity index (χ0n) is 13.1. The first-order valence-corrected chi connectivity index (χ1v) is 7.98. The van der Waals surface area contributed by atoms with Crippen molar-refractivity contribution in [3.05, 3.63) is 29.1 Å². The third-order valence-corrected chi connectivity index (χ3v) is 4.62. The predicted octanol–water partition coefficient (Wildman–Crippen LogP) is 2.90. The van der Waals surface area contributed by atoms with Crippen molar-refractivity contribution >= 4 is 33.0 Å². The first-order chi connectivity index (χ1) is 9.92. The zero-order chi connectivity index (χ0) is 15.6. The van der Waals surface area contributed by atoms with Crippen LogP contribution in [0.2, 0.25) is 0 Å². The van der Waals surface area contributed by atoms with E-state index in [9.17, 15) is 4.79 Å². The molecule has 2 aromatic rings. The van der Waals surface area contributed by atoms with Crippen LogP contribution < -0.4 is 5.73 Å². The van der Waals surface area contributed by atoms with Gasteiger partial charge in [-0.1, -0.05) is 0 Å². The lowest BCUT2D eigenvalue weighted by atomic mass is 10.2. The van der Waals surface area contributed by atoms with E-state index in [0.717, 1.165) is 27.2 Å². The van der Waals surface area contributed by atoms with E-state index in [1.54, 1.807) is 0 Å². The van der Waals surface area contributed by atoms with Gasteiger partial charge in [-0.05, 0) is 57.6 Å². The highest BCUT2D eigenvalue weighted by Crippen LogP contribution is 2.28. The fourth-order valence-corrected chi connectivity index (χ4v) is 3.59. The van der Waals surface area contributed by atoms with E-state index in [0.29, 0.717) is 6.54 Å². The molecule has 114 valence electrons. The minimum atomic E-state index is 0.103. The van der Waals surface area contributed by atoms with Crippen molar-refractivity contribution in [3.8, 4) is 0 Å². The molecule has 0 radical (unpaired) electrons. The van der Waals surface area contributed by atoms with E-state index in [4.69, 9.17) is 5.73 Å². The van der Waals surface area contributed by atoms with E-state index in [2.05, 4.69) is 11.8 Å². The van der Waals surface area contributed by atoms with Crippen molar-refractivity contribution in [1.82, 2.24) is 9.80 Å². The number of rotatable bonds is 5. The van der Waals surface area contributed by atoms with E-state index in [1.165, 1.54) is 11.3 Å². The van der Waals surface area contributed by atoms with Crippen molar-refractivity contribution < 1.29 is 4.79 Å². The molecule has 0 bridgehead atoms. The van der Waals surface area contributed by atoms with E-state index < -0.39 is 0 Å². The molecular weight excluding hydrogens is 282 g/mol. The van der Waals surface area contributed by atoms with Gasteiger partial charge in [-0.2, -0.15) is 0 Å². The molecule has 2 N–H and O–H groups in total. The maximum absolute atomic E-state index is 12.7. The molecule has 0 spiro atoms. The lowest BCUT2D eigenvalue weighted by Crippen LogP contribution is -2.43. The SMILES string of the molecule is CCN(C(=O)c1cc2cc(N)ccc2s1)C(C)CN(C)C. The van der Waals surface area contributed by atoms with E-state index in [-0.39, 0.29) is 11.9 Å². The summed E-state index contributed by atoms with van der Waals surface area (Å²) in [6.07, 6.45) is 0. The first kappa shape index (κ1) is 15.8. The molecule has 4 nitrogen and oxygen atoms in total. The Labute approximate surface area is 130 Å².